The van der Waals surface area contributed by atoms with E-state index in [1.807, 2.05) is 60.7 Å². The number of hydrogen-bond donors (Lipinski definition) is 1. The van der Waals surface area contributed by atoms with Gasteiger partial charge in [0.15, 0.2) is 0 Å². The Morgan fingerprint density at radius 2 is 1.62 bits per heavy atom. The minimum atomic E-state index is -0.567. The number of rotatable bonds is 8. The molecular weight excluding hydrogens is 308 g/mol. The van der Waals surface area contributed by atoms with Crippen LogP contribution in [-0.4, -0.2) is 23.6 Å². The maximum absolute atomic E-state index is 12.0. The topological polar surface area (TPSA) is 81.5 Å². The molecule has 0 spiro atoms. The smallest absolute Gasteiger partial charge is 0.407 e. The van der Waals surface area contributed by atoms with Crippen LogP contribution in [0.4, 0.5) is 4.79 Å². The van der Waals surface area contributed by atoms with Crippen molar-refractivity contribution in [2.24, 2.45) is 0 Å². The first-order valence-electron chi connectivity index (χ1n) is 7.76. The number of carbonyl (C=O) groups excluding carboxylic acids is 1. The summed E-state index contributed by atoms with van der Waals surface area (Å²) < 4.78 is 5.18. The van der Waals surface area contributed by atoms with E-state index in [-0.39, 0.29) is 30.5 Å². The van der Waals surface area contributed by atoms with Gasteiger partial charge in [0.2, 0.25) is 6.54 Å². The lowest BCUT2D eigenvalue weighted by Gasteiger charge is -2.17. The Morgan fingerprint density at radius 3 is 2.21 bits per heavy atom. The van der Waals surface area contributed by atoms with Gasteiger partial charge in [-0.2, -0.15) is 0 Å². The van der Waals surface area contributed by atoms with Crippen molar-refractivity contribution >= 4 is 6.09 Å². The summed E-state index contributed by atoms with van der Waals surface area (Å²) in [5.41, 5.74) is 1.90. The number of ether oxygens (including phenoxy) is 1. The molecule has 126 valence electrons. The maximum Gasteiger partial charge on any atom is 0.407 e. The van der Waals surface area contributed by atoms with Crippen molar-refractivity contribution in [2.75, 3.05) is 6.54 Å². The molecular formula is C18H20N2O4. The van der Waals surface area contributed by atoms with E-state index in [2.05, 4.69) is 5.32 Å². The quantitative estimate of drug-likeness (QED) is 0.596. The molecule has 24 heavy (non-hydrogen) atoms. The Morgan fingerprint density at radius 1 is 1.04 bits per heavy atom. The van der Waals surface area contributed by atoms with Crippen LogP contribution in [0, 0.1) is 10.1 Å². The molecule has 0 bridgehead atoms. The van der Waals surface area contributed by atoms with Gasteiger partial charge in [-0.1, -0.05) is 60.7 Å². The van der Waals surface area contributed by atoms with Crippen LogP contribution < -0.4 is 5.32 Å². The Kier molecular flexibility index (Phi) is 6.76. The molecule has 0 heterocycles. The van der Waals surface area contributed by atoms with Crippen LogP contribution in [0.5, 0.6) is 0 Å². The zero-order valence-electron chi connectivity index (χ0n) is 13.3. The summed E-state index contributed by atoms with van der Waals surface area (Å²) in [6.07, 6.45) is 0.209. The molecule has 0 fully saturated rings. The second-order valence-electron chi connectivity index (χ2n) is 5.44. The summed E-state index contributed by atoms with van der Waals surface area (Å²) in [6, 6.07) is 18.5. The average molecular weight is 328 g/mol. The van der Waals surface area contributed by atoms with E-state index in [1.54, 1.807) is 0 Å². The number of alkyl carbamates (subject to hydrolysis) is 1. The molecule has 1 amide bonds. The standard InChI is InChI=1S/C18H20N2O4/c21-18(24-14-16-9-5-2-6-10-16)19-17(11-12-20(22)23)13-15-7-3-1-4-8-15/h1-10,17H,11-14H2,(H,19,21). The Bertz CT molecular complexity index is 647. The van der Waals surface area contributed by atoms with Crippen LogP contribution in [0.15, 0.2) is 60.7 Å². The monoisotopic (exact) mass is 328 g/mol. The molecule has 2 aromatic carbocycles. The van der Waals surface area contributed by atoms with Crippen molar-refractivity contribution in [3.8, 4) is 0 Å². The van der Waals surface area contributed by atoms with Gasteiger partial charge in [0.05, 0.1) is 0 Å². The van der Waals surface area contributed by atoms with Crippen molar-refractivity contribution in [1.82, 2.24) is 5.32 Å². The predicted molar refractivity (Wildman–Crippen MR) is 90.2 cm³/mol. The molecule has 2 rings (SSSR count). The number of hydrogen-bond acceptors (Lipinski definition) is 4. The molecule has 1 atom stereocenters. The van der Waals surface area contributed by atoms with Crippen LogP contribution in [0.25, 0.3) is 0 Å². The van der Waals surface area contributed by atoms with E-state index in [9.17, 15) is 14.9 Å². The second-order valence-corrected chi connectivity index (χ2v) is 5.44. The van der Waals surface area contributed by atoms with Crippen LogP contribution in [0.2, 0.25) is 0 Å². The summed E-state index contributed by atoms with van der Waals surface area (Å²) in [4.78, 5) is 22.2. The average Bonchev–Trinajstić information content (AvgIpc) is 2.60. The van der Waals surface area contributed by atoms with Gasteiger partial charge in [-0.25, -0.2) is 4.79 Å². The normalized spacial score (nSPS) is 11.5. The number of nitro groups is 1. The fourth-order valence-corrected chi connectivity index (χ4v) is 2.32. The fraction of sp³-hybridized carbons (Fsp3) is 0.278. The summed E-state index contributed by atoms with van der Waals surface area (Å²) in [6.45, 7) is -0.0313. The molecule has 0 aliphatic heterocycles. The Hall–Kier alpha value is -2.89. The highest BCUT2D eigenvalue weighted by Crippen LogP contribution is 2.07. The van der Waals surface area contributed by atoms with Crippen molar-refractivity contribution in [1.29, 1.82) is 0 Å². The third-order valence-electron chi connectivity index (χ3n) is 3.52. The maximum atomic E-state index is 12.0. The summed E-state index contributed by atoms with van der Waals surface area (Å²) >= 11 is 0. The van der Waals surface area contributed by atoms with E-state index < -0.39 is 6.09 Å². The van der Waals surface area contributed by atoms with Gasteiger partial charge in [0.25, 0.3) is 0 Å². The first kappa shape index (κ1) is 17.5. The third-order valence-corrected chi connectivity index (χ3v) is 3.52. The van der Waals surface area contributed by atoms with Crippen molar-refractivity contribution in [3.63, 3.8) is 0 Å². The summed E-state index contributed by atoms with van der Waals surface area (Å²) in [5, 5.41) is 13.3. The highest BCUT2D eigenvalue weighted by atomic mass is 16.6. The Balaban J connectivity index is 1.88. The molecule has 0 aromatic heterocycles. The number of nitrogens with zero attached hydrogens (tertiary/aromatic N) is 1. The number of nitrogens with one attached hydrogen (secondary N) is 1. The van der Waals surface area contributed by atoms with Crippen molar-refractivity contribution in [3.05, 3.63) is 81.9 Å². The minimum absolute atomic E-state index is 0.167. The molecule has 0 saturated carbocycles. The Labute approximate surface area is 140 Å². The van der Waals surface area contributed by atoms with E-state index in [1.165, 1.54) is 0 Å². The second kappa shape index (κ2) is 9.29. The largest absolute Gasteiger partial charge is 0.445 e. The lowest BCUT2D eigenvalue weighted by Crippen LogP contribution is -2.38. The summed E-state index contributed by atoms with van der Waals surface area (Å²) in [5.74, 6) is 0. The number of benzene rings is 2. The first-order chi connectivity index (χ1) is 11.6. The third kappa shape index (κ3) is 6.48. The van der Waals surface area contributed by atoms with E-state index in [4.69, 9.17) is 4.74 Å². The molecule has 0 aliphatic carbocycles. The van der Waals surface area contributed by atoms with Gasteiger partial charge in [-0.3, -0.25) is 10.1 Å². The van der Waals surface area contributed by atoms with E-state index >= 15 is 0 Å². The molecule has 1 unspecified atom stereocenters. The molecule has 2 aromatic rings. The zero-order valence-corrected chi connectivity index (χ0v) is 13.3. The minimum Gasteiger partial charge on any atom is -0.445 e. The molecule has 1 N–H and O–H groups in total. The summed E-state index contributed by atoms with van der Waals surface area (Å²) in [7, 11) is 0. The molecule has 0 aliphatic rings. The molecule has 6 heteroatoms. The van der Waals surface area contributed by atoms with Gasteiger partial charge in [0.1, 0.15) is 6.61 Å². The van der Waals surface area contributed by atoms with Gasteiger partial charge >= 0.3 is 6.09 Å². The number of carbonyl (C=O) groups is 1. The highest BCUT2D eigenvalue weighted by molar-refractivity contribution is 5.67. The predicted octanol–water partition coefficient (Wildman–Crippen LogP) is 3.19. The van der Waals surface area contributed by atoms with Crippen molar-refractivity contribution < 1.29 is 14.5 Å². The highest BCUT2D eigenvalue weighted by Gasteiger charge is 2.16. The van der Waals surface area contributed by atoms with Gasteiger partial charge in [0, 0.05) is 17.4 Å². The molecule has 0 radical (unpaired) electrons. The lowest BCUT2D eigenvalue weighted by molar-refractivity contribution is -0.480. The molecule has 6 nitrogen and oxygen atoms in total. The molecule has 0 saturated heterocycles. The van der Waals surface area contributed by atoms with Crippen LogP contribution in [0.3, 0.4) is 0 Å². The van der Waals surface area contributed by atoms with Crippen LogP contribution in [0.1, 0.15) is 17.5 Å². The van der Waals surface area contributed by atoms with Gasteiger partial charge < -0.3 is 10.1 Å². The SMILES string of the molecule is O=C(NC(CC[N+](=O)[O-])Cc1ccccc1)OCc1ccccc1. The van der Waals surface area contributed by atoms with Crippen LogP contribution in [-0.2, 0) is 17.8 Å². The van der Waals surface area contributed by atoms with E-state index in [0.29, 0.717) is 6.42 Å². The van der Waals surface area contributed by atoms with Gasteiger partial charge in [-0.05, 0) is 17.5 Å². The first-order valence-corrected chi connectivity index (χ1v) is 7.76. The van der Waals surface area contributed by atoms with Crippen molar-refractivity contribution in [2.45, 2.75) is 25.5 Å². The zero-order chi connectivity index (χ0) is 17.2. The van der Waals surface area contributed by atoms with Gasteiger partial charge in [-0.15, -0.1) is 0 Å². The lowest BCUT2D eigenvalue weighted by atomic mass is 10.0. The van der Waals surface area contributed by atoms with E-state index in [0.717, 1.165) is 11.1 Å². The number of amides is 1. The van der Waals surface area contributed by atoms with Crippen LogP contribution >= 0.6 is 0 Å². The fourth-order valence-electron chi connectivity index (χ4n) is 2.32.